The summed E-state index contributed by atoms with van der Waals surface area (Å²) in [7, 11) is -19.8. The molecule has 0 unspecified atom stereocenters. The second kappa shape index (κ2) is 13.3. The van der Waals surface area contributed by atoms with Crippen LogP contribution in [0.5, 0.6) is 0 Å². The highest BCUT2D eigenvalue weighted by molar-refractivity contribution is 7.86. The van der Waals surface area contributed by atoms with E-state index in [0.29, 0.717) is 0 Å². The molecule has 2 aliphatic heterocycles. The summed E-state index contributed by atoms with van der Waals surface area (Å²) in [5.74, 6) is -1.05. The molecule has 7 aromatic rings. The molecule has 0 saturated carbocycles. The maximum Gasteiger partial charge on any atom is 0.296 e. The lowest BCUT2D eigenvalue weighted by Gasteiger charge is -2.05. The number of hydrogen-bond donors (Lipinski definition) is 6. The Kier molecular flexibility index (Phi) is 8.94. The van der Waals surface area contributed by atoms with Crippen molar-refractivity contribution in [3.8, 4) is 45.6 Å². The third-order valence-electron chi connectivity index (χ3n) is 9.15. The fourth-order valence-electron chi connectivity index (χ4n) is 6.58. The van der Waals surface area contributed by atoms with Crippen LogP contribution in [0.2, 0.25) is 20.1 Å². The normalized spacial score (nSPS) is 13.2. The Bertz CT molecular complexity index is 3600. The second-order valence-corrected chi connectivity index (χ2v) is 20.0. The molecule has 60 heavy (non-hydrogen) atoms. The van der Waals surface area contributed by atoms with Crippen molar-refractivity contribution < 1.29 is 51.9 Å². The Labute approximate surface area is 354 Å². The Morgan fingerprint density at radius 2 is 0.583 bits per heavy atom. The Morgan fingerprint density at radius 1 is 0.350 bits per heavy atom. The van der Waals surface area contributed by atoms with E-state index in [2.05, 4.69) is 39.9 Å². The molecule has 306 valence electrons. The van der Waals surface area contributed by atoms with Crippen molar-refractivity contribution in [2.75, 3.05) is 0 Å². The van der Waals surface area contributed by atoms with Gasteiger partial charge in [0.25, 0.3) is 40.5 Å². The molecule has 0 saturated heterocycles. The van der Waals surface area contributed by atoms with E-state index in [1.165, 1.54) is 0 Å². The molecule has 4 aromatic carbocycles. The van der Waals surface area contributed by atoms with Crippen LogP contribution in [0.1, 0.15) is 0 Å². The maximum atomic E-state index is 12.4. The monoisotopic (exact) mass is 970 g/mol. The highest BCUT2D eigenvalue weighted by Crippen LogP contribution is 2.43. The molecule has 9 rings (SSSR count). The van der Waals surface area contributed by atoms with E-state index < -0.39 is 80.1 Å². The van der Waals surface area contributed by atoms with Crippen molar-refractivity contribution in [2.24, 2.45) is 0 Å². The molecule has 2 aliphatic rings. The average Bonchev–Trinajstić information content (AvgIpc) is 3.83. The second-order valence-electron chi connectivity index (χ2n) is 12.8. The van der Waals surface area contributed by atoms with Gasteiger partial charge in [-0.05, 0) is 48.5 Å². The molecule has 0 atom stereocenters. The highest BCUT2D eigenvalue weighted by atomic mass is 35.5. The van der Waals surface area contributed by atoms with Gasteiger partial charge in [-0.2, -0.15) is 33.7 Å². The van der Waals surface area contributed by atoms with Crippen LogP contribution in [-0.4, -0.2) is 91.8 Å². The summed E-state index contributed by atoms with van der Waals surface area (Å²) in [6.45, 7) is 0. The van der Waals surface area contributed by atoms with Crippen molar-refractivity contribution in [1.29, 1.82) is 0 Å². The van der Waals surface area contributed by atoms with Gasteiger partial charge in [0, 0.05) is 43.8 Å². The number of H-pyrrole nitrogens is 2. The van der Waals surface area contributed by atoms with E-state index in [1.807, 2.05) is 0 Å². The van der Waals surface area contributed by atoms with E-state index in [9.17, 15) is 51.9 Å². The number of hydrogen-bond acceptors (Lipinski definition) is 14. The van der Waals surface area contributed by atoms with Gasteiger partial charge >= 0.3 is 0 Å². The number of benzene rings is 4. The molecular formula is C32H14Cl4N8O12S4. The minimum atomic E-state index is -4.95. The Hall–Kier alpha value is -4.96. The summed E-state index contributed by atoms with van der Waals surface area (Å²) in [5.41, 5.74) is -0.793. The number of nitrogens with zero attached hydrogens (tertiary/aromatic N) is 6. The number of aromatic nitrogens is 8. The largest absolute Gasteiger partial charge is 0.324 e. The van der Waals surface area contributed by atoms with Gasteiger partial charge in [0.1, 0.15) is 42.2 Å². The zero-order valence-corrected chi connectivity index (χ0v) is 34.8. The van der Waals surface area contributed by atoms with Gasteiger partial charge in [0.15, 0.2) is 23.3 Å². The zero-order valence-electron chi connectivity index (χ0n) is 28.5. The van der Waals surface area contributed by atoms with Crippen LogP contribution in [-0.2, 0) is 40.5 Å². The van der Waals surface area contributed by atoms with E-state index in [1.54, 1.807) is 0 Å². The smallest absolute Gasteiger partial charge is 0.296 e. The zero-order chi connectivity index (χ0) is 43.2. The summed E-state index contributed by atoms with van der Waals surface area (Å²) in [5, 5.41) is -1.85. The molecule has 0 radical (unpaired) electrons. The van der Waals surface area contributed by atoms with Gasteiger partial charge in [-0.15, -0.1) is 0 Å². The summed E-state index contributed by atoms with van der Waals surface area (Å²) in [6, 6.07) is 8.32. The lowest BCUT2D eigenvalue weighted by atomic mass is 10.1. The third-order valence-corrected chi connectivity index (χ3v) is 14.4. The Balaban J connectivity index is 1.53. The minimum Gasteiger partial charge on any atom is -0.324 e. The van der Waals surface area contributed by atoms with E-state index >= 15 is 0 Å². The molecule has 28 heteroatoms. The van der Waals surface area contributed by atoms with Crippen LogP contribution >= 0.6 is 46.4 Å². The number of fused-ring (bicyclic) bond motifs is 20. The first kappa shape index (κ1) is 40.4. The van der Waals surface area contributed by atoms with E-state index in [4.69, 9.17) is 46.4 Å². The van der Waals surface area contributed by atoms with Gasteiger partial charge < -0.3 is 9.97 Å². The van der Waals surface area contributed by atoms with Crippen molar-refractivity contribution in [2.45, 2.75) is 19.6 Å². The van der Waals surface area contributed by atoms with Gasteiger partial charge in [-0.25, -0.2) is 29.9 Å². The standard InChI is InChI=1S/C32H14Cl4N8O12S4/c33-17-1-9-13(5-21(17)57(45,46)47)29-37-25(9)41-30-14-6-22(58(48,49)50)18(34)2-10(14)27(38-30)43-32-16-8-24(60(54,55)56)20(36)4-12(16)28(40-32)44-31-15-7-23(59(51,52)53)19(35)3-11(15)26(39-31)42-29/h1-8H,(H,45,46,47)(H,48,49,50)(H,51,52,53)(H,54,55,56)(H2,37,38,39,40,41,42,43,44). The topological polar surface area (TPSA) is 326 Å². The van der Waals surface area contributed by atoms with Crippen molar-refractivity contribution >= 4 is 131 Å². The summed E-state index contributed by atoms with van der Waals surface area (Å²) >= 11 is 25.3. The van der Waals surface area contributed by atoms with E-state index in [-0.39, 0.29) is 89.7 Å². The third kappa shape index (κ3) is 6.64. The van der Waals surface area contributed by atoms with Crippen LogP contribution in [0.25, 0.3) is 89.7 Å². The predicted octanol–water partition coefficient (Wildman–Crippen LogP) is 6.47. The van der Waals surface area contributed by atoms with Gasteiger partial charge in [0.05, 0.1) is 20.1 Å². The van der Waals surface area contributed by atoms with Gasteiger partial charge in [0.2, 0.25) is 0 Å². The summed E-state index contributed by atoms with van der Waals surface area (Å²) < 4.78 is 139. The predicted molar refractivity (Wildman–Crippen MR) is 215 cm³/mol. The lowest BCUT2D eigenvalue weighted by Crippen LogP contribution is -2.00. The van der Waals surface area contributed by atoms with Crippen LogP contribution in [0.15, 0.2) is 68.1 Å². The molecule has 0 fully saturated rings. The number of rotatable bonds is 4. The number of aromatic amines is 2. The van der Waals surface area contributed by atoms with Crippen LogP contribution in [0, 0.1) is 0 Å². The SMILES string of the molecule is O=S(=O)(O)c1cc2c(cc1Cl)-c1nc-2nc2[nH]c(nc3nc(nc4[nH]c(n1)c1cc(S(=O)(=O)O)c(Cl)cc41)-c1cc(S(=O)(=O)O)c(Cl)cc1-3)c1cc(S(=O)(=O)O)c(Cl)cc21. The first-order valence-corrected chi connectivity index (χ1v) is 23.2. The fraction of sp³-hybridized carbons (Fsp3) is 0. The van der Waals surface area contributed by atoms with Crippen molar-refractivity contribution in [1.82, 2.24) is 39.9 Å². The molecule has 20 nitrogen and oxygen atoms in total. The van der Waals surface area contributed by atoms with Crippen LogP contribution in [0.4, 0.5) is 0 Å². The molecular weight excluding hydrogens is 958 g/mol. The fourth-order valence-corrected chi connectivity index (χ4v) is 10.7. The minimum absolute atomic E-state index is 0.0238. The quantitative estimate of drug-likeness (QED) is 0.103. The lowest BCUT2D eigenvalue weighted by molar-refractivity contribution is 0.481. The van der Waals surface area contributed by atoms with Crippen molar-refractivity contribution in [3.63, 3.8) is 0 Å². The molecule has 8 bridgehead atoms. The molecule has 0 spiro atoms. The Morgan fingerprint density at radius 3 is 0.867 bits per heavy atom. The van der Waals surface area contributed by atoms with Crippen LogP contribution in [0.3, 0.4) is 0 Å². The summed E-state index contributed by atoms with van der Waals surface area (Å²) in [6.07, 6.45) is 0. The van der Waals surface area contributed by atoms with Gasteiger partial charge in [-0.1, -0.05) is 46.4 Å². The first-order chi connectivity index (χ1) is 27.9. The maximum absolute atomic E-state index is 12.4. The molecule has 3 aromatic heterocycles. The summed E-state index contributed by atoms with van der Waals surface area (Å²) in [4.78, 5) is 30.1. The molecule has 5 heterocycles. The van der Waals surface area contributed by atoms with Crippen molar-refractivity contribution in [3.05, 3.63) is 68.6 Å². The number of nitrogens with one attached hydrogen (secondary N) is 2. The molecule has 6 N–H and O–H groups in total. The van der Waals surface area contributed by atoms with E-state index in [0.717, 1.165) is 48.5 Å². The molecule has 0 aliphatic carbocycles. The van der Waals surface area contributed by atoms with Crippen LogP contribution < -0.4 is 0 Å². The highest BCUT2D eigenvalue weighted by Gasteiger charge is 2.29. The molecule has 0 amide bonds. The first-order valence-electron chi connectivity index (χ1n) is 15.9. The number of halogens is 4. The average molecular weight is 973 g/mol. The van der Waals surface area contributed by atoms with Gasteiger partial charge in [-0.3, -0.25) is 18.2 Å².